The monoisotopic (exact) mass is 752 g/mol. The molecular formula is C37H69O13P. The summed E-state index contributed by atoms with van der Waals surface area (Å²) in [5, 5.41) is 49.8. The summed E-state index contributed by atoms with van der Waals surface area (Å²) in [6.45, 7) is 3.18. The largest absolute Gasteiger partial charge is 0.472 e. The molecule has 1 aliphatic rings. The van der Waals surface area contributed by atoms with E-state index in [1.54, 1.807) is 0 Å². The van der Waals surface area contributed by atoms with Crippen molar-refractivity contribution in [2.75, 3.05) is 13.2 Å². The fourth-order valence-corrected chi connectivity index (χ4v) is 6.86. The van der Waals surface area contributed by atoms with Crippen molar-refractivity contribution >= 4 is 19.8 Å². The van der Waals surface area contributed by atoms with Crippen molar-refractivity contribution in [1.29, 1.82) is 0 Å². The van der Waals surface area contributed by atoms with Gasteiger partial charge < -0.3 is 39.9 Å². The highest BCUT2D eigenvalue weighted by Crippen LogP contribution is 2.47. The van der Waals surface area contributed by atoms with Crippen LogP contribution in [0.2, 0.25) is 0 Å². The van der Waals surface area contributed by atoms with Gasteiger partial charge in [0.1, 0.15) is 43.2 Å². The fourth-order valence-electron chi connectivity index (χ4n) is 5.89. The number of unbranched alkanes of at least 4 members (excludes halogenated alkanes) is 17. The lowest BCUT2D eigenvalue weighted by Gasteiger charge is -2.41. The molecule has 0 spiro atoms. The van der Waals surface area contributed by atoms with Gasteiger partial charge in [-0.15, -0.1) is 0 Å². The molecule has 51 heavy (non-hydrogen) atoms. The molecule has 0 amide bonds. The van der Waals surface area contributed by atoms with E-state index in [4.69, 9.17) is 18.5 Å². The quantitative estimate of drug-likeness (QED) is 0.0210. The number of phosphoric ester groups is 1. The Morgan fingerprint density at radius 2 is 1.04 bits per heavy atom. The lowest BCUT2D eigenvalue weighted by atomic mass is 9.85. The van der Waals surface area contributed by atoms with Gasteiger partial charge in [0.05, 0.1) is 6.61 Å². The number of phosphoric acid groups is 1. The Morgan fingerprint density at radius 3 is 1.57 bits per heavy atom. The lowest BCUT2D eigenvalue weighted by Crippen LogP contribution is -2.64. The summed E-state index contributed by atoms with van der Waals surface area (Å²) in [6.07, 6.45) is 13.3. The third-order valence-electron chi connectivity index (χ3n) is 9.12. The van der Waals surface area contributed by atoms with Crippen molar-refractivity contribution in [3.05, 3.63) is 12.2 Å². The van der Waals surface area contributed by atoms with Gasteiger partial charge in [-0.05, 0) is 25.7 Å². The average Bonchev–Trinajstić information content (AvgIpc) is 3.10. The van der Waals surface area contributed by atoms with E-state index < -0.39 is 75.7 Å². The van der Waals surface area contributed by atoms with E-state index in [9.17, 15) is 44.6 Å². The number of rotatable bonds is 31. The van der Waals surface area contributed by atoms with Crippen molar-refractivity contribution in [2.45, 2.75) is 198 Å². The average molecular weight is 753 g/mol. The third-order valence-corrected chi connectivity index (χ3v) is 10.1. The van der Waals surface area contributed by atoms with Crippen LogP contribution in [0.3, 0.4) is 0 Å². The van der Waals surface area contributed by atoms with Gasteiger partial charge in [0.15, 0.2) is 6.10 Å². The highest BCUT2D eigenvalue weighted by atomic mass is 31.2. The molecule has 0 heterocycles. The van der Waals surface area contributed by atoms with Crippen LogP contribution in [-0.4, -0.2) is 98.3 Å². The zero-order valence-electron chi connectivity index (χ0n) is 31.2. The molecule has 0 aliphatic heterocycles. The number of ether oxygens (including phenoxy) is 2. The summed E-state index contributed by atoms with van der Waals surface area (Å²) < 4.78 is 33.2. The minimum Gasteiger partial charge on any atom is -0.462 e. The van der Waals surface area contributed by atoms with Gasteiger partial charge in [0.25, 0.3) is 0 Å². The molecule has 1 rings (SSSR count). The van der Waals surface area contributed by atoms with Crippen LogP contribution >= 0.6 is 7.82 Å². The second-order valence-electron chi connectivity index (χ2n) is 13.8. The normalized spacial score (nSPS) is 24.0. The Morgan fingerprint density at radius 1 is 0.588 bits per heavy atom. The number of aliphatic hydroxyl groups excluding tert-OH is 5. The van der Waals surface area contributed by atoms with Crippen molar-refractivity contribution in [1.82, 2.24) is 0 Å². The molecule has 1 saturated carbocycles. The van der Waals surface area contributed by atoms with E-state index in [1.165, 1.54) is 70.6 Å². The molecule has 6 N–H and O–H groups in total. The van der Waals surface area contributed by atoms with E-state index in [-0.39, 0.29) is 12.8 Å². The second-order valence-corrected chi connectivity index (χ2v) is 15.2. The standard InChI is InChI=1S/C37H69O13P/c1-3-5-7-9-11-12-13-14-15-16-17-18-20-22-24-26-31(39)49-29(27-47-30(38)25-23-21-19-10-8-6-4-2)28-48-51(45,46)50-37-35(43)33(41)32(40)34(42)36(37)44/h20,22,29,32-37,40-44H,3-19,21,23-28H2,1-2H3,(H,45,46)/b22-20+/t29-,32?,33-,34?,35?,36?,37?/m1/s1. The van der Waals surface area contributed by atoms with Crippen molar-refractivity contribution in [3.63, 3.8) is 0 Å². The van der Waals surface area contributed by atoms with Gasteiger partial charge >= 0.3 is 19.8 Å². The number of hydrogen-bond acceptors (Lipinski definition) is 12. The minimum absolute atomic E-state index is 0.0169. The summed E-state index contributed by atoms with van der Waals surface area (Å²) in [6, 6.07) is 0. The SMILES string of the molecule is CCCCCCCCCCCCC/C=C/CCC(=O)O[C@H](COC(=O)CCCCCCCCC)COP(=O)(O)OC1C(O)C(O)C(O)[C@@H](O)C1O. The van der Waals surface area contributed by atoms with Crippen LogP contribution in [0.15, 0.2) is 12.2 Å². The first-order chi connectivity index (χ1) is 24.4. The van der Waals surface area contributed by atoms with Crippen molar-refractivity contribution < 1.29 is 63.1 Å². The molecule has 0 radical (unpaired) electrons. The maximum atomic E-state index is 12.7. The Balaban J connectivity index is 2.53. The number of allylic oxidation sites excluding steroid dienone is 2. The van der Waals surface area contributed by atoms with Gasteiger partial charge in [-0.25, -0.2) is 4.57 Å². The summed E-state index contributed by atoms with van der Waals surface area (Å²) in [5.74, 6) is -1.16. The summed E-state index contributed by atoms with van der Waals surface area (Å²) in [5.41, 5.74) is 0. The molecule has 0 aromatic heterocycles. The smallest absolute Gasteiger partial charge is 0.462 e. The first kappa shape index (κ1) is 47.6. The second kappa shape index (κ2) is 29.0. The van der Waals surface area contributed by atoms with Crippen LogP contribution < -0.4 is 0 Å². The van der Waals surface area contributed by atoms with Gasteiger partial charge in [-0.2, -0.15) is 0 Å². The predicted molar refractivity (Wildman–Crippen MR) is 194 cm³/mol. The number of aliphatic hydroxyl groups is 5. The van der Waals surface area contributed by atoms with Crippen molar-refractivity contribution in [2.24, 2.45) is 0 Å². The van der Waals surface area contributed by atoms with Crippen LogP contribution in [0.4, 0.5) is 0 Å². The van der Waals surface area contributed by atoms with Gasteiger partial charge in [-0.1, -0.05) is 129 Å². The fraction of sp³-hybridized carbons (Fsp3) is 0.892. The lowest BCUT2D eigenvalue weighted by molar-refractivity contribution is -0.220. The number of esters is 2. The van der Waals surface area contributed by atoms with Crippen LogP contribution in [0, 0.1) is 0 Å². The Labute approximate surface area is 305 Å². The summed E-state index contributed by atoms with van der Waals surface area (Å²) in [4.78, 5) is 35.3. The summed E-state index contributed by atoms with van der Waals surface area (Å²) >= 11 is 0. The highest BCUT2D eigenvalue weighted by molar-refractivity contribution is 7.47. The molecule has 0 aromatic carbocycles. The molecule has 0 saturated heterocycles. The first-order valence-corrected chi connectivity index (χ1v) is 21.0. The van der Waals surface area contributed by atoms with E-state index in [0.717, 1.165) is 44.9 Å². The third kappa shape index (κ3) is 22.4. The molecule has 1 aliphatic carbocycles. The van der Waals surface area contributed by atoms with Crippen LogP contribution in [0.25, 0.3) is 0 Å². The molecule has 0 aromatic rings. The molecule has 0 bridgehead atoms. The topological polar surface area (TPSA) is 210 Å². The van der Waals surface area contributed by atoms with E-state index in [0.29, 0.717) is 12.8 Å². The molecule has 8 atom stereocenters. The molecular weight excluding hydrogens is 683 g/mol. The Hall–Kier alpha value is -1.41. The van der Waals surface area contributed by atoms with Gasteiger partial charge in [-0.3, -0.25) is 18.6 Å². The van der Waals surface area contributed by atoms with E-state index in [1.807, 2.05) is 12.2 Å². The molecule has 1 fully saturated rings. The Bertz CT molecular complexity index is 964. The maximum absolute atomic E-state index is 12.7. The van der Waals surface area contributed by atoms with Gasteiger partial charge in [0, 0.05) is 12.8 Å². The molecule has 300 valence electrons. The van der Waals surface area contributed by atoms with E-state index >= 15 is 0 Å². The molecule has 14 heteroatoms. The first-order valence-electron chi connectivity index (χ1n) is 19.5. The van der Waals surface area contributed by atoms with Crippen LogP contribution in [0.5, 0.6) is 0 Å². The van der Waals surface area contributed by atoms with Crippen molar-refractivity contribution in [3.8, 4) is 0 Å². The van der Waals surface area contributed by atoms with Crippen LogP contribution in [0.1, 0.15) is 155 Å². The molecule has 6 unspecified atom stereocenters. The highest BCUT2D eigenvalue weighted by Gasteiger charge is 2.51. The van der Waals surface area contributed by atoms with Gasteiger partial charge in [0.2, 0.25) is 0 Å². The number of carbonyl (C=O) groups is 2. The maximum Gasteiger partial charge on any atom is 0.472 e. The van der Waals surface area contributed by atoms with E-state index in [2.05, 4.69) is 13.8 Å². The number of carbonyl (C=O) groups excluding carboxylic acids is 2. The predicted octanol–water partition coefficient (Wildman–Crippen LogP) is 5.94. The minimum atomic E-state index is -5.11. The number of hydrogen-bond donors (Lipinski definition) is 6. The molecule has 13 nitrogen and oxygen atoms in total. The zero-order chi connectivity index (χ0) is 37.9. The summed E-state index contributed by atoms with van der Waals surface area (Å²) in [7, 11) is -5.11. The zero-order valence-corrected chi connectivity index (χ0v) is 32.0. The Kier molecular flexibility index (Phi) is 27.1. The van der Waals surface area contributed by atoms with Crippen LogP contribution in [-0.2, 0) is 32.7 Å².